The second-order valence-electron chi connectivity index (χ2n) is 4.58. The predicted molar refractivity (Wildman–Crippen MR) is 79.7 cm³/mol. The van der Waals surface area contributed by atoms with Crippen molar-refractivity contribution < 1.29 is 9.47 Å². The molecular formula is C15H18N4O2. The molecule has 21 heavy (non-hydrogen) atoms. The molecule has 0 unspecified atom stereocenters. The number of aliphatic imine (C=N–C) groups is 1. The molecule has 1 aliphatic heterocycles. The summed E-state index contributed by atoms with van der Waals surface area (Å²) in [5, 5.41) is 8.87. The first-order valence-electron chi connectivity index (χ1n) is 6.53. The Kier molecular flexibility index (Phi) is 5.32. The Labute approximate surface area is 124 Å². The second kappa shape index (κ2) is 7.43. The van der Waals surface area contributed by atoms with Crippen molar-refractivity contribution in [2.24, 2.45) is 4.99 Å². The number of rotatable bonds is 5. The Morgan fingerprint density at radius 1 is 1.38 bits per heavy atom. The fourth-order valence-corrected chi connectivity index (χ4v) is 2.11. The highest BCUT2D eigenvalue weighted by Crippen LogP contribution is 2.13. The number of hydrogen-bond acceptors (Lipinski definition) is 4. The zero-order valence-electron chi connectivity index (χ0n) is 12.0. The number of hydrogen-bond donors (Lipinski definition) is 0. The van der Waals surface area contributed by atoms with Crippen LogP contribution in [0.3, 0.4) is 0 Å². The van der Waals surface area contributed by atoms with Gasteiger partial charge in [-0.05, 0) is 11.1 Å². The van der Waals surface area contributed by atoms with Gasteiger partial charge in [0.05, 0.1) is 0 Å². The molecule has 6 nitrogen and oxygen atoms in total. The molecule has 0 aliphatic carbocycles. The van der Waals surface area contributed by atoms with E-state index in [1.54, 1.807) is 18.1 Å². The fraction of sp³-hybridized carbons (Fsp3) is 0.333. The summed E-state index contributed by atoms with van der Waals surface area (Å²) in [7, 11) is 1.59. The lowest BCUT2D eigenvalue weighted by Crippen LogP contribution is -2.51. The summed E-state index contributed by atoms with van der Waals surface area (Å²) < 4.78 is 10.6. The van der Waals surface area contributed by atoms with E-state index in [9.17, 15) is 0 Å². The smallest absolute Gasteiger partial charge is 0.218 e. The molecule has 1 aromatic rings. The molecule has 110 valence electrons. The van der Waals surface area contributed by atoms with Gasteiger partial charge in [0.25, 0.3) is 0 Å². The van der Waals surface area contributed by atoms with E-state index in [0.717, 1.165) is 11.1 Å². The van der Waals surface area contributed by atoms with Crippen LogP contribution in [-0.4, -0.2) is 43.1 Å². The SMILES string of the molecule is C=Cc1ccc(CN2COCN(COC)C2=NC#N)cc1. The number of nitrogens with zero attached hydrogens (tertiary/aromatic N) is 4. The van der Waals surface area contributed by atoms with Crippen molar-refractivity contribution in [3.63, 3.8) is 0 Å². The van der Waals surface area contributed by atoms with Crippen LogP contribution in [0.25, 0.3) is 6.08 Å². The quantitative estimate of drug-likeness (QED) is 0.773. The molecule has 1 saturated heterocycles. The number of methoxy groups -OCH3 is 1. The summed E-state index contributed by atoms with van der Waals surface area (Å²) in [5.74, 6) is 0.568. The zero-order valence-corrected chi connectivity index (χ0v) is 12.0. The summed E-state index contributed by atoms with van der Waals surface area (Å²) >= 11 is 0. The van der Waals surface area contributed by atoms with Crippen molar-refractivity contribution in [3.8, 4) is 6.19 Å². The highest BCUT2D eigenvalue weighted by atomic mass is 16.5. The molecule has 1 aromatic carbocycles. The van der Waals surface area contributed by atoms with E-state index in [1.807, 2.05) is 35.4 Å². The largest absolute Gasteiger partial charge is 0.364 e. The maximum Gasteiger partial charge on any atom is 0.218 e. The maximum absolute atomic E-state index is 8.87. The highest BCUT2D eigenvalue weighted by molar-refractivity contribution is 5.81. The monoisotopic (exact) mass is 286 g/mol. The lowest BCUT2D eigenvalue weighted by atomic mass is 10.1. The van der Waals surface area contributed by atoms with E-state index < -0.39 is 0 Å². The Hall–Kier alpha value is -2.36. The van der Waals surface area contributed by atoms with Gasteiger partial charge in [0.2, 0.25) is 12.2 Å². The van der Waals surface area contributed by atoms with Gasteiger partial charge in [-0.15, -0.1) is 4.99 Å². The van der Waals surface area contributed by atoms with Gasteiger partial charge >= 0.3 is 0 Å². The average Bonchev–Trinajstić information content (AvgIpc) is 2.51. The number of benzene rings is 1. The first kappa shape index (κ1) is 15.0. The van der Waals surface area contributed by atoms with Gasteiger partial charge in [-0.3, -0.25) is 4.90 Å². The average molecular weight is 286 g/mol. The van der Waals surface area contributed by atoms with Gasteiger partial charge in [-0.2, -0.15) is 5.26 Å². The van der Waals surface area contributed by atoms with Crippen molar-refractivity contribution >= 4 is 12.0 Å². The van der Waals surface area contributed by atoms with Crippen LogP contribution in [0.15, 0.2) is 35.8 Å². The molecule has 0 saturated carbocycles. The predicted octanol–water partition coefficient (Wildman–Crippen LogP) is 1.82. The lowest BCUT2D eigenvalue weighted by molar-refractivity contribution is -0.0612. The molecule has 2 rings (SSSR count). The highest BCUT2D eigenvalue weighted by Gasteiger charge is 2.24. The van der Waals surface area contributed by atoms with Crippen LogP contribution in [0, 0.1) is 11.5 Å². The van der Waals surface area contributed by atoms with E-state index in [2.05, 4.69) is 11.6 Å². The standard InChI is InChI=1S/C15H18N4O2/c1-3-13-4-6-14(7-5-13)8-18-11-21-12-19(10-20-2)15(18)17-9-16/h3-7H,1,8,10-12H2,2H3. The second-order valence-corrected chi connectivity index (χ2v) is 4.58. The van der Waals surface area contributed by atoms with Crippen LogP contribution in [0.5, 0.6) is 0 Å². The van der Waals surface area contributed by atoms with Gasteiger partial charge in [0.1, 0.15) is 20.2 Å². The topological polar surface area (TPSA) is 61.1 Å². The molecule has 0 N–H and O–H groups in total. The number of guanidine groups is 1. The first-order valence-corrected chi connectivity index (χ1v) is 6.53. The Bertz CT molecular complexity index is 546. The van der Waals surface area contributed by atoms with Crippen molar-refractivity contribution in [1.82, 2.24) is 9.80 Å². The molecule has 1 fully saturated rings. The summed E-state index contributed by atoms with van der Waals surface area (Å²) in [6.45, 7) is 5.43. The fourth-order valence-electron chi connectivity index (χ4n) is 2.11. The van der Waals surface area contributed by atoms with Crippen LogP contribution in [0.4, 0.5) is 0 Å². The molecule has 0 atom stereocenters. The third-order valence-electron chi connectivity index (χ3n) is 3.08. The van der Waals surface area contributed by atoms with Crippen molar-refractivity contribution in [2.75, 3.05) is 27.3 Å². The summed E-state index contributed by atoms with van der Waals surface area (Å²) in [6, 6.07) is 8.05. The molecule has 1 heterocycles. The van der Waals surface area contributed by atoms with E-state index in [4.69, 9.17) is 14.7 Å². The van der Waals surface area contributed by atoms with Crippen LogP contribution >= 0.6 is 0 Å². The third-order valence-corrected chi connectivity index (χ3v) is 3.08. The minimum absolute atomic E-state index is 0.326. The van der Waals surface area contributed by atoms with Crippen LogP contribution < -0.4 is 0 Å². The molecule has 1 aliphatic rings. The molecular weight excluding hydrogens is 268 g/mol. The maximum atomic E-state index is 8.87. The van der Waals surface area contributed by atoms with Gasteiger partial charge in [0, 0.05) is 13.7 Å². The Morgan fingerprint density at radius 3 is 2.71 bits per heavy atom. The molecule has 6 heteroatoms. The zero-order chi connectivity index (χ0) is 15.1. The van der Waals surface area contributed by atoms with Gasteiger partial charge < -0.3 is 14.4 Å². The lowest BCUT2D eigenvalue weighted by Gasteiger charge is -2.37. The Morgan fingerprint density at radius 2 is 2.10 bits per heavy atom. The van der Waals surface area contributed by atoms with Crippen LogP contribution in [0.1, 0.15) is 11.1 Å². The molecule has 0 bridgehead atoms. The molecule has 0 aromatic heterocycles. The molecule has 0 radical (unpaired) electrons. The minimum atomic E-state index is 0.326. The van der Waals surface area contributed by atoms with Crippen LogP contribution in [0.2, 0.25) is 0 Å². The molecule has 0 amide bonds. The van der Waals surface area contributed by atoms with E-state index in [-0.39, 0.29) is 0 Å². The third kappa shape index (κ3) is 3.81. The van der Waals surface area contributed by atoms with E-state index in [0.29, 0.717) is 32.7 Å². The summed E-state index contributed by atoms with van der Waals surface area (Å²) in [5.41, 5.74) is 2.18. The summed E-state index contributed by atoms with van der Waals surface area (Å²) in [6.07, 6.45) is 3.64. The van der Waals surface area contributed by atoms with Crippen molar-refractivity contribution in [2.45, 2.75) is 6.54 Å². The Balaban J connectivity index is 2.13. The van der Waals surface area contributed by atoms with Gasteiger partial charge in [0.15, 0.2) is 0 Å². The van der Waals surface area contributed by atoms with Crippen molar-refractivity contribution in [3.05, 3.63) is 42.0 Å². The minimum Gasteiger partial charge on any atom is -0.364 e. The summed E-state index contributed by atoms with van der Waals surface area (Å²) in [4.78, 5) is 7.56. The van der Waals surface area contributed by atoms with Crippen molar-refractivity contribution in [1.29, 1.82) is 5.26 Å². The normalized spacial score (nSPS) is 16.9. The molecule has 0 spiro atoms. The number of nitriles is 1. The first-order chi connectivity index (χ1) is 10.3. The number of ether oxygens (including phenoxy) is 2. The van der Waals surface area contributed by atoms with Gasteiger partial charge in [-0.25, -0.2) is 0 Å². The van der Waals surface area contributed by atoms with Crippen LogP contribution in [-0.2, 0) is 16.0 Å². The van der Waals surface area contributed by atoms with E-state index in [1.165, 1.54) is 0 Å². The van der Waals surface area contributed by atoms with E-state index >= 15 is 0 Å². The van der Waals surface area contributed by atoms with Gasteiger partial charge in [-0.1, -0.05) is 36.9 Å².